The second kappa shape index (κ2) is 11.7. The highest BCUT2D eigenvalue weighted by molar-refractivity contribution is 5.97. The van der Waals surface area contributed by atoms with Crippen molar-refractivity contribution in [2.45, 2.75) is 20.5 Å². The molecule has 0 fully saturated rings. The predicted octanol–water partition coefficient (Wildman–Crippen LogP) is 3.58. The Morgan fingerprint density at radius 2 is 1.86 bits per heavy atom. The molecule has 9 heteroatoms. The number of carbonyl (C=O) groups excluding carboxylic acids is 2. The van der Waals surface area contributed by atoms with Crippen molar-refractivity contribution in [2.24, 2.45) is 5.10 Å². The van der Waals surface area contributed by atoms with E-state index in [-0.39, 0.29) is 13.3 Å². The highest BCUT2D eigenvalue weighted by Gasteiger charge is 2.16. The first-order chi connectivity index (χ1) is 17.5. The first kappa shape index (κ1) is 24.6. The van der Waals surface area contributed by atoms with E-state index in [4.69, 9.17) is 18.9 Å². The molecule has 0 bridgehead atoms. The average Bonchev–Trinajstić information content (AvgIpc) is 3.35. The van der Waals surface area contributed by atoms with Gasteiger partial charge in [0.25, 0.3) is 11.8 Å². The third-order valence-corrected chi connectivity index (χ3v) is 5.19. The fraction of sp³-hybridized carbons (Fsp3) is 0.222. The van der Waals surface area contributed by atoms with Crippen LogP contribution in [-0.2, 0) is 11.4 Å². The van der Waals surface area contributed by atoms with E-state index in [0.29, 0.717) is 47.3 Å². The summed E-state index contributed by atoms with van der Waals surface area (Å²) in [5.41, 5.74) is 5.71. The standard InChI is InChI=1S/C27H27N3O6/c1-3-33-24-12-19(7-9-22(24)34-16-20-6-4-5-18(2)11-20)14-29-30-26(31)15-28-27(32)21-8-10-23-25(13-21)36-17-35-23/h4-14H,3,15-17H2,1-2H3,(H,28,32)(H,30,31)/b29-14-. The fourth-order valence-corrected chi connectivity index (χ4v) is 3.47. The third-order valence-electron chi connectivity index (χ3n) is 5.19. The summed E-state index contributed by atoms with van der Waals surface area (Å²) in [6.07, 6.45) is 1.49. The van der Waals surface area contributed by atoms with E-state index in [1.165, 1.54) is 11.8 Å². The summed E-state index contributed by atoms with van der Waals surface area (Å²) in [4.78, 5) is 24.4. The van der Waals surface area contributed by atoms with Gasteiger partial charge in [-0.05, 0) is 61.4 Å². The molecule has 0 radical (unpaired) electrons. The zero-order chi connectivity index (χ0) is 25.3. The minimum Gasteiger partial charge on any atom is -0.490 e. The lowest BCUT2D eigenvalue weighted by atomic mass is 10.1. The topological polar surface area (TPSA) is 107 Å². The molecule has 0 aromatic heterocycles. The van der Waals surface area contributed by atoms with Crippen LogP contribution >= 0.6 is 0 Å². The molecule has 1 aliphatic heterocycles. The Morgan fingerprint density at radius 1 is 1.00 bits per heavy atom. The SMILES string of the molecule is CCOc1cc(/C=N\NC(=O)CNC(=O)c2ccc3c(c2)OCO3)ccc1OCc1cccc(C)c1. The minimum atomic E-state index is -0.469. The normalized spacial score (nSPS) is 11.8. The van der Waals surface area contributed by atoms with Crippen molar-refractivity contribution in [3.63, 3.8) is 0 Å². The number of hydrogen-bond donors (Lipinski definition) is 2. The molecule has 2 amide bonds. The molecule has 2 N–H and O–H groups in total. The highest BCUT2D eigenvalue weighted by Crippen LogP contribution is 2.32. The maximum absolute atomic E-state index is 12.3. The number of amides is 2. The van der Waals surface area contributed by atoms with Crippen LogP contribution in [0.3, 0.4) is 0 Å². The van der Waals surface area contributed by atoms with E-state index < -0.39 is 11.8 Å². The second-order valence-electron chi connectivity index (χ2n) is 7.96. The van der Waals surface area contributed by atoms with Crippen molar-refractivity contribution < 1.29 is 28.5 Å². The number of benzene rings is 3. The van der Waals surface area contributed by atoms with E-state index in [0.717, 1.165) is 5.56 Å². The molecule has 36 heavy (non-hydrogen) atoms. The molecule has 0 atom stereocenters. The third kappa shape index (κ3) is 6.53. The van der Waals surface area contributed by atoms with Gasteiger partial charge in [0.2, 0.25) is 6.79 Å². The van der Waals surface area contributed by atoms with Gasteiger partial charge < -0.3 is 24.3 Å². The zero-order valence-electron chi connectivity index (χ0n) is 20.1. The van der Waals surface area contributed by atoms with Crippen LogP contribution in [0.25, 0.3) is 0 Å². The van der Waals surface area contributed by atoms with Gasteiger partial charge in [-0.1, -0.05) is 29.8 Å². The smallest absolute Gasteiger partial charge is 0.259 e. The highest BCUT2D eigenvalue weighted by atomic mass is 16.7. The van der Waals surface area contributed by atoms with Crippen molar-refractivity contribution in [3.8, 4) is 23.0 Å². The first-order valence-corrected chi connectivity index (χ1v) is 11.5. The molecule has 186 valence electrons. The summed E-state index contributed by atoms with van der Waals surface area (Å²) in [7, 11) is 0. The molecular weight excluding hydrogens is 462 g/mol. The molecule has 0 spiro atoms. The predicted molar refractivity (Wildman–Crippen MR) is 134 cm³/mol. The van der Waals surface area contributed by atoms with Gasteiger partial charge in [-0.25, -0.2) is 5.43 Å². The van der Waals surface area contributed by atoms with Crippen LogP contribution in [0.4, 0.5) is 0 Å². The zero-order valence-corrected chi connectivity index (χ0v) is 20.1. The fourth-order valence-electron chi connectivity index (χ4n) is 3.47. The molecular formula is C27H27N3O6. The van der Waals surface area contributed by atoms with Crippen molar-refractivity contribution in [1.82, 2.24) is 10.7 Å². The van der Waals surface area contributed by atoms with Gasteiger partial charge in [0.15, 0.2) is 23.0 Å². The van der Waals surface area contributed by atoms with Crippen molar-refractivity contribution >= 4 is 18.0 Å². The van der Waals surface area contributed by atoms with E-state index in [2.05, 4.69) is 21.9 Å². The number of nitrogens with zero attached hydrogens (tertiary/aromatic N) is 1. The Balaban J connectivity index is 1.28. The Bertz CT molecular complexity index is 1270. The van der Waals surface area contributed by atoms with Crippen LogP contribution in [0.15, 0.2) is 65.8 Å². The number of carbonyl (C=O) groups is 2. The van der Waals surface area contributed by atoms with Crippen LogP contribution in [0.5, 0.6) is 23.0 Å². The molecule has 9 nitrogen and oxygen atoms in total. The summed E-state index contributed by atoms with van der Waals surface area (Å²) in [5.74, 6) is 1.40. The van der Waals surface area contributed by atoms with Crippen LogP contribution in [0.1, 0.15) is 34.0 Å². The number of hydrazone groups is 1. The number of rotatable bonds is 10. The molecule has 1 heterocycles. The summed E-state index contributed by atoms with van der Waals surface area (Å²) in [6, 6.07) is 18.3. The van der Waals surface area contributed by atoms with Gasteiger partial charge in [0.05, 0.1) is 19.4 Å². The number of ether oxygens (including phenoxy) is 4. The van der Waals surface area contributed by atoms with Crippen LogP contribution < -0.4 is 29.7 Å². The molecule has 3 aromatic carbocycles. The molecule has 0 saturated carbocycles. The Hall–Kier alpha value is -4.53. The summed E-state index contributed by atoms with van der Waals surface area (Å²) >= 11 is 0. The molecule has 0 unspecified atom stereocenters. The monoisotopic (exact) mass is 489 g/mol. The lowest BCUT2D eigenvalue weighted by molar-refractivity contribution is -0.120. The maximum Gasteiger partial charge on any atom is 0.259 e. The lowest BCUT2D eigenvalue weighted by Crippen LogP contribution is -2.34. The number of aryl methyl sites for hydroxylation is 1. The minimum absolute atomic E-state index is 0.121. The van der Waals surface area contributed by atoms with Crippen LogP contribution in [0.2, 0.25) is 0 Å². The van der Waals surface area contributed by atoms with Crippen molar-refractivity contribution in [3.05, 3.63) is 82.9 Å². The molecule has 1 aliphatic rings. The Morgan fingerprint density at radius 3 is 2.69 bits per heavy atom. The van der Waals surface area contributed by atoms with Crippen LogP contribution in [-0.4, -0.2) is 38.0 Å². The Labute approximate surface area is 209 Å². The summed E-state index contributed by atoms with van der Waals surface area (Å²) in [6.45, 7) is 4.71. The van der Waals surface area contributed by atoms with Crippen molar-refractivity contribution in [2.75, 3.05) is 19.9 Å². The van der Waals surface area contributed by atoms with Crippen molar-refractivity contribution in [1.29, 1.82) is 0 Å². The van der Waals surface area contributed by atoms with E-state index >= 15 is 0 Å². The average molecular weight is 490 g/mol. The van der Waals surface area contributed by atoms with Gasteiger partial charge >= 0.3 is 0 Å². The van der Waals surface area contributed by atoms with Gasteiger partial charge in [0.1, 0.15) is 6.61 Å². The second-order valence-corrected chi connectivity index (χ2v) is 7.96. The molecule has 4 rings (SSSR count). The summed E-state index contributed by atoms with van der Waals surface area (Å²) in [5, 5.41) is 6.51. The van der Waals surface area contributed by atoms with Gasteiger partial charge in [-0.2, -0.15) is 5.10 Å². The van der Waals surface area contributed by atoms with Gasteiger partial charge in [0, 0.05) is 5.56 Å². The number of hydrogen-bond acceptors (Lipinski definition) is 7. The van der Waals surface area contributed by atoms with E-state index in [1.54, 1.807) is 30.3 Å². The molecule has 0 aliphatic carbocycles. The Kier molecular flexibility index (Phi) is 8.02. The number of fused-ring (bicyclic) bond motifs is 1. The van der Waals surface area contributed by atoms with Gasteiger partial charge in [-0.3, -0.25) is 9.59 Å². The lowest BCUT2D eigenvalue weighted by Gasteiger charge is -2.13. The maximum atomic E-state index is 12.3. The quantitative estimate of drug-likeness (QED) is 0.333. The van der Waals surface area contributed by atoms with E-state index in [9.17, 15) is 9.59 Å². The van der Waals surface area contributed by atoms with E-state index in [1.807, 2.05) is 38.1 Å². The van der Waals surface area contributed by atoms with Gasteiger partial charge in [-0.15, -0.1) is 0 Å². The molecule has 0 saturated heterocycles. The first-order valence-electron chi connectivity index (χ1n) is 11.5. The number of nitrogens with one attached hydrogen (secondary N) is 2. The van der Waals surface area contributed by atoms with Crippen LogP contribution in [0, 0.1) is 6.92 Å². The molecule has 3 aromatic rings. The summed E-state index contributed by atoms with van der Waals surface area (Å²) < 4.78 is 22.1. The largest absolute Gasteiger partial charge is 0.490 e.